The standard InChI is InChI=1S/C14H12BrNO2.BrH/c1-18-12-4-2-10(3-5-12)13(15)14(17)11-6-8-16-9-7-11;/h2-9,13H,1H3;1H. The van der Waals surface area contributed by atoms with Gasteiger partial charge >= 0.3 is 0 Å². The zero-order chi connectivity index (χ0) is 13.0. The van der Waals surface area contributed by atoms with Crippen LogP contribution in [0.5, 0.6) is 5.75 Å². The topological polar surface area (TPSA) is 39.2 Å². The number of ketones is 1. The van der Waals surface area contributed by atoms with Crippen LogP contribution in [-0.2, 0) is 0 Å². The average Bonchev–Trinajstić information content (AvgIpc) is 2.47. The number of methoxy groups -OCH3 is 1. The number of hydrogen-bond acceptors (Lipinski definition) is 3. The Morgan fingerprint density at radius 2 is 1.74 bits per heavy atom. The van der Waals surface area contributed by atoms with Gasteiger partial charge in [-0.15, -0.1) is 17.0 Å². The number of hydrogen-bond donors (Lipinski definition) is 0. The molecule has 2 aromatic rings. The van der Waals surface area contributed by atoms with Crippen LogP contribution in [0, 0.1) is 0 Å². The molecule has 0 fully saturated rings. The molecular formula is C14H13Br2NO2. The normalized spacial score (nSPS) is 11.3. The molecule has 1 aromatic heterocycles. The predicted molar refractivity (Wildman–Crippen MR) is 83.6 cm³/mol. The van der Waals surface area contributed by atoms with Crippen LogP contribution in [0.15, 0.2) is 48.8 Å². The predicted octanol–water partition coefficient (Wildman–Crippen LogP) is 3.99. The smallest absolute Gasteiger partial charge is 0.181 e. The fourth-order valence-corrected chi connectivity index (χ4v) is 2.16. The summed E-state index contributed by atoms with van der Waals surface area (Å²) in [4.78, 5) is 15.7. The lowest BCUT2D eigenvalue weighted by Crippen LogP contribution is -2.07. The van der Waals surface area contributed by atoms with Crippen LogP contribution in [0.1, 0.15) is 20.7 Å². The van der Waals surface area contributed by atoms with Crippen molar-refractivity contribution in [3.05, 3.63) is 59.9 Å². The van der Waals surface area contributed by atoms with Crippen LogP contribution >= 0.6 is 32.9 Å². The van der Waals surface area contributed by atoms with E-state index in [0.29, 0.717) is 5.56 Å². The summed E-state index contributed by atoms with van der Waals surface area (Å²) < 4.78 is 5.09. The fraction of sp³-hybridized carbons (Fsp3) is 0.143. The Hall–Kier alpha value is -1.20. The third-order valence-corrected chi connectivity index (χ3v) is 3.55. The summed E-state index contributed by atoms with van der Waals surface area (Å²) in [5, 5.41) is 0. The van der Waals surface area contributed by atoms with Crippen LogP contribution in [0.3, 0.4) is 0 Å². The number of alkyl halides is 1. The molecule has 100 valence electrons. The second kappa shape index (κ2) is 7.40. The van der Waals surface area contributed by atoms with Gasteiger partial charge in [0.15, 0.2) is 5.78 Å². The first-order valence-corrected chi connectivity index (χ1v) is 6.36. The molecule has 0 saturated heterocycles. The van der Waals surface area contributed by atoms with E-state index >= 15 is 0 Å². The Kier molecular flexibility index (Phi) is 6.18. The second-order valence-electron chi connectivity index (χ2n) is 3.74. The monoisotopic (exact) mass is 385 g/mol. The van der Waals surface area contributed by atoms with E-state index in [1.165, 1.54) is 0 Å². The maximum absolute atomic E-state index is 12.2. The first-order chi connectivity index (χ1) is 8.72. The highest BCUT2D eigenvalue weighted by molar-refractivity contribution is 9.09. The molecular weight excluding hydrogens is 374 g/mol. The molecule has 0 N–H and O–H groups in total. The Morgan fingerprint density at radius 3 is 2.26 bits per heavy atom. The molecule has 0 aliphatic carbocycles. The highest BCUT2D eigenvalue weighted by atomic mass is 79.9. The average molecular weight is 387 g/mol. The van der Waals surface area contributed by atoms with E-state index in [9.17, 15) is 4.79 Å². The SMILES string of the molecule is Br.COc1ccc(C(Br)C(=O)c2ccncc2)cc1. The molecule has 1 unspecified atom stereocenters. The van der Waals surface area contributed by atoms with E-state index in [1.54, 1.807) is 31.6 Å². The second-order valence-corrected chi connectivity index (χ2v) is 4.65. The molecule has 0 aliphatic rings. The minimum atomic E-state index is -0.356. The number of halogens is 2. The van der Waals surface area contributed by atoms with Crippen molar-refractivity contribution >= 4 is 38.7 Å². The molecule has 0 amide bonds. The van der Waals surface area contributed by atoms with Gasteiger partial charge in [-0.25, -0.2) is 0 Å². The van der Waals surface area contributed by atoms with E-state index in [0.717, 1.165) is 11.3 Å². The first kappa shape index (κ1) is 15.9. The highest BCUT2D eigenvalue weighted by Gasteiger charge is 2.18. The van der Waals surface area contributed by atoms with Gasteiger partial charge in [0.2, 0.25) is 0 Å². The number of rotatable bonds is 4. The lowest BCUT2D eigenvalue weighted by atomic mass is 10.0. The summed E-state index contributed by atoms with van der Waals surface area (Å²) in [6.45, 7) is 0. The number of benzene rings is 1. The lowest BCUT2D eigenvalue weighted by Gasteiger charge is -2.09. The molecule has 1 atom stereocenters. The third-order valence-electron chi connectivity index (χ3n) is 2.60. The summed E-state index contributed by atoms with van der Waals surface area (Å²) in [6.07, 6.45) is 3.22. The van der Waals surface area contributed by atoms with Gasteiger partial charge in [0, 0.05) is 18.0 Å². The Morgan fingerprint density at radius 1 is 1.16 bits per heavy atom. The minimum absolute atomic E-state index is 0. The van der Waals surface area contributed by atoms with Crippen molar-refractivity contribution in [2.75, 3.05) is 7.11 Å². The quantitative estimate of drug-likeness (QED) is 0.589. The van der Waals surface area contributed by atoms with Gasteiger partial charge in [-0.3, -0.25) is 9.78 Å². The molecule has 1 aromatic carbocycles. The Labute approximate surface area is 130 Å². The van der Waals surface area contributed by atoms with Crippen molar-refractivity contribution in [3.63, 3.8) is 0 Å². The van der Waals surface area contributed by atoms with E-state index in [-0.39, 0.29) is 27.6 Å². The van der Waals surface area contributed by atoms with Gasteiger partial charge in [-0.2, -0.15) is 0 Å². The molecule has 0 bridgehead atoms. The van der Waals surface area contributed by atoms with Crippen LogP contribution in [0.2, 0.25) is 0 Å². The molecule has 0 spiro atoms. The van der Waals surface area contributed by atoms with Crippen molar-refractivity contribution < 1.29 is 9.53 Å². The van der Waals surface area contributed by atoms with E-state index in [1.807, 2.05) is 24.3 Å². The highest BCUT2D eigenvalue weighted by Crippen LogP contribution is 2.28. The van der Waals surface area contributed by atoms with E-state index in [2.05, 4.69) is 20.9 Å². The Balaban J connectivity index is 0.00000180. The van der Waals surface area contributed by atoms with Gasteiger partial charge in [-0.1, -0.05) is 28.1 Å². The summed E-state index contributed by atoms with van der Waals surface area (Å²) in [7, 11) is 1.61. The molecule has 0 radical (unpaired) electrons. The van der Waals surface area contributed by atoms with Crippen molar-refractivity contribution in [1.82, 2.24) is 4.98 Å². The zero-order valence-electron chi connectivity index (χ0n) is 10.2. The van der Waals surface area contributed by atoms with Gasteiger partial charge in [0.1, 0.15) is 10.6 Å². The van der Waals surface area contributed by atoms with Crippen LogP contribution in [-0.4, -0.2) is 17.9 Å². The summed E-state index contributed by atoms with van der Waals surface area (Å²) >= 11 is 3.42. The fourth-order valence-electron chi connectivity index (χ4n) is 1.59. The van der Waals surface area contributed by atoms with Gasteiger partial charge in [-0.05, 0) is 29.8 Å². The van der Waals surface area contributed by atoms with Gasteiger partial charge in [0.05, 0.1) is 7.11 Å². The number of carbonyl (C=O) groups excluding carboxylic acids is 1. The number of Topliss-reactive ketones (excluding diaryl/α,β-unsaturated/α-hetero) is 1. The van der Waals surface area contributed by atoms with Crippen LogP contribution in [0.4, 0.5) is 0 Å². The summed E-state index contributed by atoms with van der Waals surface area (Å²) in [5.41, 5.74) is 1.54. The van der Waals surface area contributed by atoms with E-state index in [4.69, 9.17) is 4.74 Å². The largest absolute Gasteiger partial charge is 0.497 e. The first-order valence-electron chi connectivity index (χ1n) is 5.44. The van der Waals surface area contributed by atoms with Crippen molar-refractivity contribution in [3.8, 4) is 5.75 Å². The minimum Gasteiger partial charge on any atom is -0.497 e. The molecule has 3 nitrogen and oxygen atoms in total. The summed E-state index contributed by atoms with van der Waals surface area (Å²) in [5.74, 6) is 0.789. The molecule has 5 heteroatoms. The van der Waals surface area contributed by atoms with Crippen molar-refractivity contribution in [1.29, 1.82) is 0 Å². The van der Waals surface area contributed by atoms with Crippen LogP contribution < -0.4 is 4.74 Å². The molecule has 1 heterocycles. The maximum atomic E-state index is 12.2. The lowest BCUT2D eigenvalue weighted by molar-refractivity contribution is 0.0991. The maximum Gasteiger partial charge on any atom is 0.181 e. The van der Waals surface area contributed by atoms with Crippen molar-refractivity contribution in [2.24, 2.45) is 0 Å². The zero-order valence-corrected chi connectivity index (χ0v) is 13.5. The number of nitrogens with zero attached hydrogens (tertiary/aromatic N) is 1. The molecule has 19 heavy (non-hydrogen) atoms. The number of carbonyl (C=O) groups is 1. The number of aromatic nitrogens is 1. The van der Waals surface area contributed by atoms with E-state index < -0.39 is 0 Å². The number of pyridine rings is 1. The van der Waals surface area contributed by atoms with Gasteiger partial charge < -0.3 is 4.74 Å². The summed E-state index contributed by atoms with van der Waals surface area (Å²) in [6, 6.07) is 10.8. The van der Waals surface area contributed by atoms with Gasteiger partial charge in [0.25, 0.3) is 0 Å². The third kappa shape index (κ3) is 3.88. The molecule has 0 saturated carbocycles. The Bertz CT molecular complexity index is 529. The molecule has 2 rings (SSSR count). The number of ether oxygens (including phenoxy) is 1. The van der Waals surface area contributed by atoms with Crippen molar-refractivity contribution in [2.45, 2.75) is 4.83 Å². The molecule has 0 aliphatic heterocycles. The van der Waals surface area contributed by atoms with Crippen LogP contribution in [0.25, 0.3) is 0 Å².